The fourth-order valence-electron chi connectivity index (χ4n) is 3.88. The molecule has 0 radical (unpaired) electrons. The predicted molar refractivity (Wildman–Crippen MR) is 107 cm³/mol. The maximum Gasteiger partial charge on any atom is 0.416 e. The summed E-state index contributed by atoms with van der Waals surface area (Å²) < 4.78 is 39.9. The van der Waals surface area contributed by atoms with Crippen molar-refractivity contribution in [2.45, 2.75) is 57.2 Å². The van der Waals surface area contributed by atoms with Gasteiger partial charge < -0.3 is 5.32 Å². The Morgan fingerprint density at radius 1 is 1.21 bits per heavy atom. The number of aromatic nitrogens is 3. The molecular weight excluding hydrogens is 401 g/mol. The van der Waals surface area contributed by atoms with Gasteiger partial charge in [0, 0.05) is 23.7 Å². The van der Waals surface area contributed by atoms with E-state index in [2.05, 4.69) is 15.4 Å². The third kappa shape index (κ3) is 4.14. The zero-order chi connectivity index (χ0) is 20.6. The molecule has 29 heavy (non-hydrogen) atoms. The van der Waals surface area contributed by atoms with Gasteiger partial charge in [-0.25, -0.2) is 4.98 Å². The van der Waals surface area contributed by atoms with Gasteiger partial charge in [-0.1, -0.05) is 43.2 Å². The van der Waals surface area contributed by atoms with Crippen LogP contribution >= 0.6 is 11.3 Å². The quantitative estimate of drug-likeness (QED) is 0.652. The second-order valence-corrected chi connectivity index (χ2v) is 8.26. The van der Waals surface area contributed by atoms with E-state index in [4.69, 9.17) is 0 Å². The van der Waals surface area contributed by atoms with Crippen molar-refractivity contribution in [2.75, 3.05) is 5.32 Å². The molecule has 2 heterocycles. The van der Waals surface area contributed by atoms with E-state index in [1.807, 2.05) is 6.92 Å². The van der Waals surface area contributed by atoms with Crippen LogP contribution in [0.4, 0.5) is 18.3 Å². The molecule has 0 spiro atoms. The van der Waals surface area contributed by atoms with Crippen LogP contribution in [-0.2, 0) is 12.6 Å². The third-order valence-electron chi connectivity index (χ3n) is 5.40. The average molecular weight is 422 g/mol. The lowest BCUT2D eigenvalue weighted by Crippen LogP contribution is -2.30. The van der Waals surface area contributed by atoms with E-state index in [1.54, 1.807) is 12.1 Å². The second-order valence-electron chi connectivity index (χ2n) is 7.30. The van der Waals surface area contributed by atoms with Crippen molar-refractivity contribution in [1.29, 1.82) is 0 Å². The van der Waals surface area contributed by atoms with Gasteiger partial charge in [0.2, 0.25) is 10.1 Å². The maximum atomic E-state index is 12.9. The molecule has 0 aliphatic heterocycles. The highest BCUT2D eigenvalue weighted by Crippen LogP contribution is 2.37. The Morgan fingerprint density at radius 2 is 1.93 bits per heavy atom. The summed E-state index contributed by atoms with van der Waals surface area (Å²) >= 11 is 1.32. The molecule has 4 rings (SSSR count). The summed E-state index contributed by atoms with van der Waals surface area (Å²) in [6.45, 7) is 1.94. The molecule has 0 bridgehead atoms. The topological polar surface area (TPSA) is 59.3 Å². The van der Waals surface area contributed by atoms with Gasteiger partial charge in [0.1, 0.15) is 0 Å². The molecular formula is C20H21F3N4OS. The van der Waals surface area contributed by atoms with Crippen LogP contribution in [0.15, 0.2) is 35.1 Å². The number of alkyl halides is 3. The van der Waals surface area contributed by atoms with E-state index in [0.717, 1.165) is 49.1 Å². The summed E-state index contributed by atoms with van der Waals surface area (Å²) in [6, 6.07) is 6.98. The number of aryl methyl sites for hydroxylation is 1. The number of hydrogen-bond donors (Lipinski definition) is 1. The van der Waals surface area contributed by atoms with Crippen molar-refractivity contribution < 1.29 is 13.2 Å². The van der Waals surface area contributed by atoms with Crippen LogP contribution in [0.3, 0.4) is 0 Å². The summed E-state index contributed by atoms with van der Waals surface area (Å²) in [7, 11) is 0. The zero-order valence-electron chi connectivity index (χ0n) is 15.9. The van der Waals surface area contributed by atoms with Gasteiger partial charge in [-0.05, 0) is 37.0 Å². The van der Waals surface area contributed by atoms with Crippen LogP contribution < -0.4 is 10.9 Å². The normalized spacial score (nSPS) is 20.1. The Kier molecular flexibility index (Phi) is 5.33. The summed E-state index contributed by atoms with van der Waals surface area (Å²) in [5, 5.41) is 8.37. The Balaban J connectivity index is 1.59. The highest BCUT2D eigenvalue weighted by atomic mass is 32.1. The number of nitrogens with zero attached hydrogens (tertiary/aromatic N) is 3. The monoisotopic (exact) mass is 422 g/mol. The first kappa shape index (κ1) is 19.9. The number of rotatable bonds is 4. The lowest BCUT2D eigenvalue weighted by molar-refractivity contribution is -0.137. The average Bonchev–Trinajstić information content (AvgIpc) is 3.11. The van der Waals surface area contributed by atoms with E-state index < -0.39 is 11.7 Å². The fraction of sp³-hybridized carbons (Fsp3) is 0.450. The van der Waals surface area contributed by atoms with Crippen molar-refractivity contribution in [3.05, 3.63) is 57.5 Å². The molecule has 2 atom stereocenters. The molecule has 0 amide bonds. The smallest absolute Gasteiger partial charge is 0.357 e. The molecule has 1 aliphatic rings. The van der Waals surface area contributed by atoms with Crippen LogP contribution in [0.2, 0.25) is 0 Å². The third-order valence-corrected chi connectivity index (χ3v) is 6.24. The summed E-state index contributed by atoms with van der Waals surface area (Å²) in [5.74, 6) is 0.0916. The van der Waals surface area contributed by atoms with Crippen LogP contribution in [0.1, 0.15) is 55.3 Å². The molecule has 154 valence electrons. The van der Waals surface area contributed by atoms with E-state index in [9.17, 15) is 18.0 Å². The molecule has 1 fully saturated rings. The van der Waals surface area contributed by atoms with Crippen molar-refractivity contribution in [3.63, 3.8) is 0 Å². The first-order valence-corrected chi connectivity index (χ1v) is 10.5. The molecule has 2 aromatic heterocycles. The molecule has 0 unspecified atom stereocenters. The number of halogens is 3. The zero-order valence-corrected chi connectivity index (χ0v) is 16.7. The first-order valence-electron chi connectivity index (χ1n) is 9.68. The predicted octanol–water partition coefficient (Wildman–Crippen LogP) is 4.87. The highest BCUT2D eigenvalue weighted by molar-refractivity contribution is 7.20. The van der Waals surface area contributed by atoms with Crippen molar-refractivity contribution in [2.24, 2.45) is 0 Å². The minimum absolute atomic E-state index is 0.0439. The summed E-state index contributed by atoms with van der Waals surface area (Å²) in [6.07, 6.45) is 0.199. The van der Waals surface area contributed by atoms with Gasteiger partial charge in [-0.3, -0.25) is 4.79 Å². The lowest BCUT2D eigenvalue weighted by atomic mass is 9.80. The van der Waals surface area contributed by atoms with E-state index in [1.165, 1.54) is 21.9 Å². The Labute approximate surface area is 169 Å². The molecule has 3 aromatic rings. The van der Waals surface area contributed by atoms with Gasteiger partial charge in [-0.15, -0.1) is 5.10 Å². The SMILES string of the molecule is CCc1cc(=O)n2nc(N[C@@H]3CCCC[C@H]3c3ccc(C(F)(F)F)cc3)sc2n1. The fourth-order valence-corrected chi connectivity index (χ4v) is 4.76. The summed E-state index contributed by atoms with van der Waals surface area (Å²) in [4.78, 5) is 17.2. The van der Waals surface area contributed by atoms with Crippen molar-refractivity contribution in [3.8, 4) is 0 Å². The van der Waals surface area contributed by atoms with E-state index in [0.29, 0.717) is 16.5 Å². The minimum atomic E-state index is -4.33. The molecule has 1 aliphatic carbocycles. The molecule has 1 aromatic carbocycles. The Hall–Kier alpha value is -2.42. The first-order chi connectivity index (χ1) is 13.8. The Morgan fingerprint density at radius 3 is 2.62 bits per heavy atom. The molecule has 9 heteroatoms. The van der Waals surface area contributed by atoms with Crippen molar-refractivity contribution in [1.82, 2.24) is 14.6 Å². The van der Waals surface area contributed by atoms with Crippen molar-refractivity contribution >= 4 is 21.4 Å². The number of anilines is 1. The van der Waals surface area contributed by atoms with Gasteiger partial charge >= 0.3 is 6.18 Å². The second kappa shape index (κ2) is 7.78. The molecule has 0 saturated heterocycles. The number of fused-ring (bicyclic) bond motifs is 1. The largest absolute Gasteiger partial charge is 0.416 e. The van der Waals surface area contributed by atoms with Gasteiger partial charge in [0.15, 0.2) is 0 Å². The number of hydrogen-bond acceptors (Lipinski definition) is 5. The molecule has 5 nitrogen and oxygen atoms in total. The van der Waals surface area contributed by atoms with Crippen LogP contribution in [0.5, 0.6) is 0 Å². The van der Waals surface area contributed by atoms with Gasteiger partial charge in [0.05, 0.1) is 5.56 Å². The van der Waals surface area contributed by atoms with Crippen LogP contribution in [0, 0.1) is 0 Å². The van der Waals surface area contributed by atoms with Gasteiger partial charge in [0.25, 0.3) is 5.56 Å². The lowest BCUT2D eigenvalue weighted by Gasteiger charge is -2.32. The standard InChI is InChI=1S/C20H21F3N4OS/c1-2-14-11-17(28)27-19(24-14)29-18(26-27)25-16-6-4-3-5-15(16)12-7-9-13(10-8-12)20(21,22)23/h7-11,15-16H,2-6H2,1H3,(H,25,26)/t15-,16+/m0/s1. The summed E-state index contributed by atoms with van der Waals surface area (Å²) in [5.41, 5.74) is 0.773. The maximum absolute atomic E-state index is 12.9. The van der Waals surface area contributed by atoms with E-state index in [-0.39, 0.29) is 17.5 Å². The molecule has 1 N–H and O–H groups in total. The van der Waals surface area contributed by atoms with Gasteiger partial charge in [-0.2, -0.15) is 17.7 Å². The van der Waals surface area contributed by atoms with E-state index >= 15 is 0 Å². The molecule has 1 saturated carbocycles. The van der Waals surface area contributed by atoms with Crippen LogP contribution in [-0.4, -0.2) is 20.6 Å². The van der Waals surface area contributed by atoms with Crippen LogP contribution in [0.25, 0.3) is 4.96 Å². The minimum Gasteiger partial charge on any atom is -0.357 e. The number of benzene rings is 1. The Bertz CT molecular complexity index is 1060. The highest BCUT2D eigenvalue weighted by Gasteiger charge is 2.32. The number of nitrogens with one attached hydrogen (secondary N) is 1.